The van der Waals surface area contributed by atoms with Gasteiger partial charge in [0, 0.05) is 18.9 Å². The van der Waals surface area contributed by atoms with Gasteiger partial charge in [0.05, 0.1) is 6.04 Å². The van der Waals surface area contributed by atoms with E-state index in [1.54, 1.807) is 0 Å². The number of imidazole rings is 1. The van der Waals surface area contributed by atoms with Crippen LogP contribution >= 0.6 is 0 Å². The van der Waals surface area contributed by atoms with Crippen LogP contribution in [-0.4, -0.2) is 16.6 Å². The van der Waals surface area contributed by atoms with Crippen molar-refractivity contribution in [1.29, 1.82) is 0 Å². The third kappa shape index (κ3) is 2.18. The van der Waals surface area contributed by atoms with Crippen molar-refractivity contribution in [1.82, 2.24) is 14.9 Å². The van der Waals surface area contributed by atoms with E-state index in [2.05, 4.69) is 28.4 Å². The number of hydrogen-bond acceptors (Lipinski definition) is 2. The first-order chi connectivity index (χ1) is 6.33. The van der Waals surface area contributed by atoms with Gasteiger partial charge < -0.3 is 9.88 Å². The SMILES string of the molecule is C=CCC(NC)c1nccn1CC. The van der Waals surface area contributed by atoms with Gasteiger partial charge in [-0.3, -0.25) is 0 Å². The van der Waals surface area contributed by atoms with Crippen LogP contribution in [0.15, 0.2) is 25.0 Å². The van der Waals surface area contributed by atoms with Gasteiger partial charge in [0.15, 0.2) is 0 Å². The maximum Gasteiger partial charge on any atom is 0.126 e. The van der Waals surface area contributed by atoms with Crippen LogP contribution in [0.1, 0.15) is 25.2 Å². The summed E-state index contributed by atoms with van der Waals surface area (Å²) in [6, 6.07) is 0.285. The average molecular weight is 179 g/mol. The van der Waals surface area contributed by atoms with Gasteiger partial charge in [0.25, 0.3) is 0 Å². The van der Waals surface area contributed by atoms with Gasteiger partial charge in [0.2, 0.25) is 0 Å². The first kappa shape index (κ1) is 9.99. The zero-order valence-corrected chi connectivity index (χ0v) is 8.33. The van der Waals surface area contributed by atoms with Crippen LogP contribution in [0.4, 0.5) is 0 Å². The van der Waals surface area contributed by atoms with E-state index in [0.717, 1.165) is 18.8 Å². The van der Waals surface area contributed by atoms with E-state index in [-0.39, 0.29) is 6.04 Å². The van der Waals surface area contributed by atoms with Gasteiger partial charge in [-0.15, -0.1) is 6.58 Å². The minimum absolute atomic E-state index is 0.285. The molecule has 0 saturated heterocycles. The summed E-state index contributed by atoms with van der Waals surface area (Å²) >= 11 is 0. The third-order valence-corrected chi connectivity index (χ3v) is 2.15. The molecular weight excluding hydrogens is 162 g/mol. The summed E-state index contributed by atoms with van der Waals surface area (Å²) in [5.41, 5.74) is 0. The number of rotatable bonds is 5. The van der Waals surface area contributed by atoms with Crippen molar-refractivity contribution in [2.45, 2.75) is 25.9 Å². The predicted octanol–water partition coefficient (Wildman–Crippen LogP) is 1.74. The molecule has 0 bridgehead atoms. The molecule has 0 saturated carbocycles. The Hall–Kier alpha value is -1.09. The topological polar surface area (TPSA) is 29.9 Å². The highest BCUT2D eigenvalue weighted by Gasteiger charge is 2.11. The lowest BCUT2D eigenvalue weighted by Crippen LogP contribution is -2.20. The van der Waals surface area contributed by atoms with Crippen molar-refractivity contribution in [3.05, 3.63) is 30.9 Å². The minimum atomic E-state index is 0.285. The fraction of sp³-hybridized carbons (Fsp3) is 0.500. The maximum atomic E-state index is 4.33. The van der Waals surface area contributed by atoms with Gasteiger partial charge in [-0.25, -0.2) is 4.98 Å². The lowest BCUT2D eigenvalue weighted by atomic mass is 10.2. The molecule has 1 N–H and O–H groups in total. The Morgan fingerprint density at radius 3 is 3.08 bits per heavy atom. The molecule has 0 radical (unpaired) electrons. The zero-order chi connectivity index (χ0) is 9.68. The smallest absolute Gasteiger partial charge is 0.126 e. The van der Waals surface area contributed by atoms with Gasteiger partial charge in [-0.2, -0.15) is 0 Å². The molecule has 0 aliphatic carbocycles. The van der Waals surface area contributed by atoms with Crippen LogP contribution in [0, 0.1) is 0 Å². The number of hydrogen-bond donors (Lipinski definition) is 1. The Labute approximate surface area is 79.5 Å². The Bertz CT molecular complexity index is 265. The number of aryl methyl sites for hydroxylation is 1. The van der Waals surface area contributed by atoms with Crippen LogP contribution < -0.4 is 5.32 Å². The Morgan fingerprint density at radius 1 is 1.77 bits per heavy atom. The Morgan fingerprint density at radius 2 is 2.54 bits per heavy atom. The first-order valence-electron chi connectivity index (χ1n) is 4.62. The average Bonchev–Trinajstić information content (AvgIpc) is 2.61. The van der Waals surface area contributed by atoms with Crippen molar-refractivity contribution in [3.63, 3.8) is 0 Å². The number of nitrogens with one attached hydrogen (secondary N) is 1. The van der Waals surface area contributed by atoms with Gasteiger partial charge in [0.1, 0.15) is 5.82 Å². The van der Waals surface area contributed by atoms with Crippen LogP contribution in [0.25, 0.3) is 0 Å². The van der Waals surface area contributed by atoms with Gasteiger partial charge in [-0.1, -0.05) is 6.08 Å². The van der Waals surface area contributed by atoms with Crippen molar-refractivity contribution >= 4 is 0 Å². The van der Waals surface area contributed by atoms with Gasteiger partial charge in [-0.05, 0) is 20.4 Å². The summed E-state index contributed by atoms with van der Waals surface area (Å²) in [4.78, 5) is 4.33. The van der Waals surface area contributed by atoms with Crippen molar-refractivity contribution in [2.24, 2.45) is 0 Å². The lowest BCUT2D eigenvalue weighted by Gasteiger charge is -2.14. The largest absolute Gasteiger partial charge is 0.334 e. The summed E-state index contributed by atoms with van der Waals surface area (Å²) in [6.07, 6.45) is 6.67. The molecule has 0 aliphatic heterocycles. The summed E-state index contributed by atoms with van der Waals surface area (Å²) in [5, 5.41) is 3.23. The van der Waals surface area contributed by atoms with E-state index in [1.807, 2.05) is 25.5 Å². The maximum absolute atomic E-state index is 4.33. The van der Waals surface area contributed by atoms with Gasteiger partial charge >= 0.3 is 0 Å². The molecule has 0 aromatic carbocycles. The predicted molar refractivity (Wildman–Crippen MR) is 54.5 cm³/mol. The van der Waals surface area contributed by atoms with E-state index in [4.69, 9.17) is 0 Å². The van der Waals surface area contributed by atoms with Crippen LogP contribution in [0.3, 0.4) is 0 Å². The molecule has 1 aromatic heterocycles. The zero-order valence-electron chi connectivity index (χ0n) is 8.33. The molecule has 13 heavy (non-hydrogen) atoms. The molecule has 0 spiro atoms. The summed E-state index contributed by atoms with van der Waals surface area (Å²) < 4.78 is 2.14. The number of aromatic nitrogens is 2. The summed E-state index contributed by atoms with van der Waals surface area (Å²) in [5.74, 6) is 1.09. The Balaban J connectivity index is 2.82. The monoisotopic (exact) mass is 179 g/mol. The molecule has 1 atom stereocenters. The first-order valence-corrected chi connectivity index (χ1v) is 4.62. The minimum Gasteiger partial charge on any atom is -0.334 e. The molecule has 0 amide bonds. The highest BCUT2D eigenvalue weighted by molar-refractivity contribution is 5.01. The molecule has 1 heterocycles. The van der Waals surface area contributed by atoms with Crippen LogP contribution in [0.5, 0.6) is 0 Å². The van der Waals surface area contributed by atoms with Crippen molar-refractivity contribution < 1.29 is 0 Å². The summed E-state index contributed by atoms with van der Waals surface area (Å²) in [6.45, 7) is 6.82. The second-order valence-electron chi connectivity index (χ2n) is 2.94. The molecule has 0 aliphatic rings. The molecule has 72 valence electrons. The highest BCUT2D eigenvalue weighted by atomic mass is 15.1. The van der Waals surface area contributed by atoms with E-state index >= 15 is 0 Å². The molecule has 0 fully saturated rings. The fourth-order valence-corrected chi connectivity index (χ4v) is 1.42. The second-order valence-corrected chi connectivity index (χ2v) is 2.94. The Kier molecular flexibility index (Phi) is 3.71. The van der Waals surface area contributed by atoms with Crippen molar-refractivity contribution in [2.75, 3.05) is 7.05 Å². The third-order valence-electron chi connectivity index (χ3n) is 2.15. The molecule has 1 rings (SSSR count). The highest BCUT2D eigenvalue weighted by Crippen LogP contribution is 2.14. The van der Waals surface area contributed by atoms with E-state index in [0.29, 0.717) is 0 Å². The normalized spacial score (nSPS) is 12.8. The molecule has 3 nitrogen and oxygen atoms in total. The molecule has 3 heteroatoms. The molecule has 1 unspecified atom stereocenters. The van der Waals surface area contributed by atoms with E-state index < -0.39 is 0 Å². The fourth-order valence-electron chi connectivity index (χ4n) is 1.42. The van der Waals surface area contributed by atoms with Crippen molar-refractivity contribution in [3.8, 4) is 0 Å². The van der Waals surface area contributed by atoms with E-state index in [9.17, 15) is 0 Å². The lowest BCUT2D eigenvalue weighted by molar-refractivity contribution is 0.531. The van der Waals surface area contributed by atoms with E-state index in [1.165, 1.54) is 0 Å². The quantitative estimate of drug-likeness (QED) is 0.698. The number of nitrogens with zero attached hydrogens (tertiary/aromatic N) is 2. The van der Waals surface area contributed by atoms with Crippen LogP contribution in [-0.2, 0) is 6.54 Å². The van der Waals surface area contributed by atoms with Crippen LogP contribution in [0.2, 0.25) is 0 Å². The summed E-state index contributed by atoms with van der Waals surface area (Å²) in [7, 11) is 1.95. The second kappa shape index (κ2) is 4.82. The molecule has 1 aromatic rings. The standard InChI is InChI=1S/C10H17N3/c1-4-6-9(11-3)10-12-7-8-13(10)5-2/h4,7-9,11H,1,5-6H2,2-3H3. The molecular formula is C10H17N3.